The van der Waals surface area contributed by atoms with Gasteiger partial charge in [0.1, 0.15) is 0 Å². The molecule has 1 atom stereocenters. The molecule has 0 aromatic heterocycles. The summed E-state index contributed by atoms with van der Waals surface area (Å²) in [7, 11) is 0. The zero-order valence-corrected chi connectivity index (χ0v) is 12.7. The van der Waals surface area contributed by atoms with Gasteiger partial charge in [-0.3, -0.25) is 9.80 Å². The number of aryl methyl sites for hydroxylation is 1. The third-order valence-corrected chi connectivity index (χ3v) is 4.22. The highest BCUT2D eigenvalue weighted by Crippen LogP contribution is 2.13. The Labute approximate surface area is 122 Å². The van der Waals surface area contributed by atoms with Crippen molar-refractivity contribution in [3.63, 3.8) is 0 Å². The Morgan fingerprint density at radius 3 is 2.15 bits per heavy atom. The molecule has 3 heteroatoms. The summed E-state index contributed by atoms with van der Waals surface area (Å²) in [5.41, 5.74) is 2.79. The molecule has 1 heterocycles. The molecule has 1 fully saturated rings. The predicted octanol–water partition coefficient (Wildman–Crippen LogP) is 2.67. The molecule has 1 saturated heterocycles. The fraction of sp³-hybridized carbons (Fsp3) is 0.588. The first-order valence-corrected chi connectivity index (χ1v) is 7.70. The van der Waals surface area contributed by atoms with Crippen molar-refractivity contribution in [3.05, 3.63) is 35.4 Å². The Bertz CT molecular complexity index is 438. The van der Waals surface area contributed by atoms with Crippen molar-refractivity contribution >= 4 is 0 Å². The first-order chi connectivity index (χ1) is 9.76. The summed E-state index contributed by atoms with van der Waals surface area (Å²) in [6, 6.07) is 11.5. The van der Waals surface area contributed by atoms with Crippen LogP contribution in [0.3, 0.4) is 0 Å². The van der Waals surface area contributed by atoms with E-state index in [1.165, 1.54) is 11.1 Å². The summed E-state index contributed by atoms with van der Waals surface area (Å²) >= 11 is 0. The molecule has 1 unspecified atom stereocenters. The molecule has 2 rings (SSSR count). The van der Waals surface area contributed by atoms with Crippen molar-refractivity contribution in [1.82, 2.24) is 9.80 Å². The normalized spacial score (nSPS) is 18.6. The number of nitriles is 1. The third kappa shape index (κ3) is 3.82. The van der Waals surface area contributed by atoms with Gasteiger partial charge in [-0.2, -0.15) is 5.26 Å². The summed E-state index contributed by atoms with van der Waals surface area (Å²) in [4.78, 5) is 4.80. The van der Waals surface area contributed by atoms with Crippen LogP contribution in [-0.2, 0) is 13.0 Å². The van der Waals surface area contributed by atoms with E-state index in [9.17, 15) is 0 Å². The van der Waals surface area contributed by atoms with Gasteiger partial charge in [-0.1, -0.05) is 38.1 Å². The van der Waals surface area contributed by atoms with Gasteiger partial charge >= 0.3 is 0 Å². The molecule has 1 aromatic carbocycles. The van der Waals surface area contributed by atoms with Gasteiger partial charge in [-0.15, -0.1) is 0 Å². The predicted molar refractivity (Wildman–Crippen MR) is 82.4 cm³/mol. The van der Waals surface area contributed by atoms with E-state index in [2.05, 4.69) is 54.0 Å². The van der Waals surface area contributed by atoms with E-state index in [1.807, 2.05) is 0 Å². The third-order valence-electron chi connectivity index (χ3n) is 4.22. The highest BCUT2D eigenvalue weighted by atomic mass is 15.3. The largest absolute Gasteiger partial charge is 0.297 e. The maximum atomic E-state index is 9.12. The number of benzene rings is 1. The van der Waals surface area contributed by atoms with Gasteiger partial charge in [-0.05, 0) is 24.0 Å². The van der Waals surface area contributed by atoms with Gasteiger partial charge in [-0.25, -0.2) is 0 Å². The van der Waals surface area contributed by atoms with Crippen LogP contribution in [0, 0.1) is 11.3 Å². The topological polar surface area (TPSA) is 30.3 Å². The van der Waals surface area contributed by atoms with Crippen molar-refractivity contribution in [2.24, 2.45) is 0 Å². The zero-order chi connectivity index (χ0) is 14.4. The second kappa shape index (κ2) is 7.42. The van der Waals surface area contributed by atoms with Gasteiger partial charge < -0.3 is 0 Å². The Morgan fingerprint density at radius 1 is 1.05 bits per heavy atom. The molecule has 3 nitrogen and oxygen atoms in total. The van der Waals surface area contributed by atoms with Gasteiger partial charge in [0, 0.05) is 32.7 Å². The standard InChI is InChI=1S/C17H25N3/c1-3-15-5-7-16(8-6-15)14-19-9-11-20(12-10-19)17(4-2)13-18/h5-8,17H,3-4,9-12,14H2,1-2H3. The number of hydrogen-bond acceptors (Lipinski definition) is 3. The second-order valence-corrected chi connectivity index (χ2v) is 5.54. The van der Waals surface area contributed by atoms with Gasteiger partial charge in [0.25, 0.3) is 0 Å². The van der Waals surface area contributed by atoms with Crippen molar-refractivity contribution in [2.45, 2.75) is 39.3 Å². The number of nitrogens with zero attached hydrogens (tertiary/aromatic N) is 3. The zero-order valence-electron chi connectivity index (χ0n) is 12.7. The average Bonchev–Trinajstić information content (AvgIpc) is 2.51. The quantitative estimate of drug-likeness (QED) is 0.825. The minimum atomic E-state index is 0.0981. The highest BCUT2D eigenvalue weighted by molar-refractivity contribution is 5.22. The minimum absolute atomic E-state index is 0.0981. The second-order valence-electron chi connectivity index (χ2n) is 5.54. The summed E-state index contributed by atoms with van der Waals surface area (Å²) in [5.74, 6) is 0. The number of piperazine rings is 1. The van der Waals surface area contributed by atoms with Crippen molar-refractivity contribution in [2.75, 3.05) is 26.2 Å². The lowest BCUT2D eigenvalue weighted by molar-refractivity contribution is 0.108. The molecular weight excluding hydrogens is 246 g/mol. The van der Waals surface area contributed by atoms with E-state index >= 15 is 0 Å². The van der Waals surface area contributed by atoms with E-state index in [4.69, 9.17) is 5.26 Å². The lowest BCUT2D eigenvalue weighted by Crippen LogP contribution is -2.49. The van der Waals surface area contributed by atoms with Gasteiger partial charge in [0.2, 0.25) is 0 Å². The number of hydrogen-bond donors (Lipinski definition) is 0. The molecule has 0 N–H and O–H groups in total. The van der Waals surface area contributed by atoms with E-state index in [0.29, 0.717) is 0 Å². The smallest absolute Gasteiger partial charge is 0.0976 e. The van der Waals surface area contributed by atoms with Crippen molar-refractivity contribution < 1.29 is 0 Å². The Hall–Kier alpha value is -1.37. The van der Waals surface area contributed by atoms with Crippen LogP contribution in [0.2, 0.25) is 0 Å². The van der Waals surface area contributed by atoms with E-state index < -0.39 is 0 Å². The van der Waals surface area contributed by atoms with Gasteiger partial charge in [0.15, 0.2) is 0 Å². The molecule has 1 aliphatic heterocycles. The van der Waals surface area contributed by atoms with Crippen LogP contribution in [0.15, 0.2) is 24.3 Å². The molecule has 1 aromatic rings. The van der Waals surface area contributed by atoms with E-state index in [0.717, 1.165) is 45.6 Å². The van der Waals surface area contributed by atoms with Crippen LogP contribution in [0.4, 0.5) is 0 Å². The molecule has 20 heavy (non-hydrogen) atoms. The Balaban J connectivity index is 1.83. The maximum absolute atomic E-state index is 9.12. The molecule has 0 amide bonds. The van der Waals surface area contributed by atoms with Crippen LogP contribution in [-0.4, -0.2) is 42.0 Å². The summed E-state index contributed by atoms with van der Waals surface area (Å²) < 4.78 is 0. The molecule has 1 aliphatic rings. The van der Waals surface area contributed by atoms with Crippen LogP contribution >= 0.6 is 0 Å². The fourth-order valence-electron chi connectivity index (χ4n) is 2.80. The molecular formula is C17H25N3. The molecule has 108 valence electrons. The van der Waals surface area contributed by atoms with Crippen LogP contribution < -0.4 is 0 Å². The first-order valence-electron chi connectivity index (χ1n) is 7.70. The SMILES string of the molecule is CCc1ccc(CN2CCN(C(C#N)CC)CC2)cc1. The molecule has 0 bridgehead atoms. The van der Waals surface area contributed by atoms with E-state index in [1.54, 1.807) is 0 Å². The van der Waals surface area contributed by atoms with Crippen LogP contribution in [0.1, 0.15) is 31.4 Å². The minimum Gasteiger partial charge on any atom is -0.297 e. The Kier molecular flexibility index (Phi) is 5.58. The number of rotatable bonds is 5. The molecule has 0 aliphatic carbocycles. The summed E-state index contributed by atoms with van der Waals surface area (Å²) in [6.07, 6.45) is 2.03. The monoisotopic (exact) mass is 271 g/mol. The first kappa shape index (κ1) is 15.0. The fourth-order valence-corrected chi connectivity index (χ4v) is 2.80. The maximum Gasteiger partial charge on any atom is 0.0976 e. The lowest BCUT2D eigenvalue weighted by Gasteiger charge is -2.36. The molecule has 0 radical (unpaired) electrons. The summed E-state index contributed by atoms with van der Waals surface area (Å²) in [6.45, 7) is 9.46. The van der Waals surface area contributed by atoms with Crippen molar-refractivity contribution in [3.8, 4) is 6.07 Å². The average molecular weight is 271 g/mol. The Morgan fingerprint density at radius 2 is 1.65 bits per heavy atom. The van der Waals surface area contributed by atoms with Crippen LogP contribution in [0.5, 0.6) is 0 Å². The highest BCUT2D eigenvalue weighted by Gasteiger charge is 2.22. The summed E-state index contributed by atoms with van der Waals surface area (Å²) in [5, 5.41) is 9.12. The lowest BCUT2D eigenvalue weighted by atomic mass is 10.1. The van der Waals surface area contributed by atoms with Crippen molar-refractivity contribution in [1.29, 1.82) is 5.26 Å². The molecule has 0 spiro atoms. The van der Waals surface area contributed by atoms with Gasteiger partial charge in [0.05, 0.1) is 12.1 Å². The van der Waals surface area contributed by atoms with Crippen LogP contribution in [0.25, 0.3) is 0 Å². The van der Waals surface area contributed by atoms with E-state index in [-0.39, 0.29) is 6.04 Å². The molecule has 0 saturated carbocycles.